The maximum Gasteiger partial charge on any atom is 0.258 e. The lowest BCUT2D eigenvalue weighted by Crippen LogP contribution is -2.39. The maximum absolute atomic E-state index is 13.1. The van der Waals surface area contributed by atoms with Gasteiger partial charge in [-0.15, -0.1) is 11.3 Å². The zero-order valence-electron chi connectivity index (χ0n) is 20.4. The van der Waals surface area contributed by atoms with E-state index in [1.165, 1.54) is 43.4 Å². The number of benzene rings is 2. The van der Waals surface area contributed by atoms with Crippen molar-refractivity contribution in [1.29, 1.82) is 0 Å². The molecule has 1 aromatic heterocycles. The van der Waals surface area contributed by atoms with Crippen LogP contribution >= 0.6 is 11.3 Å². The smallest absolute Gasteiger partial charge is 0.258 e. The number of anilines is 2. The van der Waals surface area contributed by atoms with Gasteiger partial charge in [0, 0.05) is 34.8 Å². The van der Waals surface area contributed by atoms with E-state index in [9.17, 15) is 9.59 Å². The number of carbonyl (C=O) groups excluding carboxylic acids is 2. The SMILES string of the molecule is Cc1cccc(C(=O)N2CCc3cc(-c4csc(NC(=O)CN(C)C5CCCCC5)n4)ccc32)c1. The molecule has 3 aromatic rings. The van der Waals surface area contributed by atoms with Gasteiger partial charge in [-0.3, -0.25) is 14.5 Å². The summed E-state index contributed by atoms with van der Waals surface area (Å²) in [6, 6.07) is 14.4. The number of amides is 2. The summed E-state index contributed by atoms with van der Waals surface area (Å²) in [5.74, 6) is 0.0234. The summed E-state index contributed by atoms with van der Waals surface area (Å²) in [7, 11) is 2.04. The standard InChI is InChI=1S/C28H32N4O2S/c1-19-7-6-8-22(15-19)27(34)32-14-13-21-16-20(11-12-25(21)32)24-18-35-28(29-24)30-26(33)17-31(2)23-9-4-3-5-10-23/h6-8,11-12,15-16,18,23H,3-5,9-10,13-14,17H2,1-2H3,(H,29,30,33). The molecule has 182 valence electrons. The van der Waals surface area contributed by atoms with Crippen LogP contribution in [0.25, 0.3) is 11.3 Å². The molecular weight excluding hydrogens is 456 g/mol. The fourth-order valence-corrected chi connectivity index (χ4v) is 5.94. The van der Waals surface area contributed by atoms with Gasteiger partial charge < -0.3 is 10.2 Å². The van der Waals surface area contributed by atoms with E-state index < -0.39 is 0 Å². The molecule has 2 aliphatic rings. The molecular formula is C28H32N4O2S. The number of carbonyl (C=O) groups is 2. The molecule has 2 heterocycles. The van der Waals surface area contributed by atoms with Gasteiger partial charge in [0.15, 0.2) is 5.13 Å². The average molecular weight is 489 g/mol. The molecule has 1 fully saturated rings. The van der Waals surface area contributed by atoms with Gasteiger partial charge in [0.25, 0.3) is 5.91 Å². The molecule has 1 saturated carbocycles. The van der Waals surface area contributed by atoms with Crippen molar-refractivity contribution in [2.24, 2.45) is 0 Å². The number of aromatic nitrogens is 1. The third kappa shape index (κ3) is 5.31. The Morgan fingerprint density at radius 1 is 1.14 bits per heavy atom. The molecule has 5 rings (SSSR count). The van der Waals surface area contributed by atoms with Gasteiger partial charge in [0.2, 0.25) is 5.91 Å². The van der Waals surface area contributed by atoms with Crippen LogP contribution in [0.2, 0.25) is 0 Å². The van der Waals surface area contributed by atoms with E-state index in [0.717, 1.165) is 40.1 Å². The maximum atomic E-state index is 13.1. The summed E-state index contributed by atoms with van der Waals surface area (Å²) < 4.78 is 0. The second-order valence-corrected chi connectivity index (χ2v) is 10.6. The van der Waals surface area contributed by atoms with E-state index in [4.69, 9.17) is 0 Å². The molecule has 0 spiro atoms. The molecule has 1 aliphatic heterocycles. The number of fused-ring (bicyclic) bond motifs is 1. The third-order valence-corrected chi connectivity index (χ3v) is 7.88. The summed E-state index contributed by atoms with van der Waals surface area (Å²) in [5, 5.41) is 5.58. The van der Waals surface area contributed by atoms with Crippen LogP contribution in [-0.2, 0) is 11.2 Å². The highest BCUT2D eigenvalue weighted by Crippen LogP contribution is 2.34. The Morgan fingerprint density at radius 2 is 1.97 bits per heavy atom. The molecule has 0 saturated heterocycles. The first-order valence-electron chi connectivity index (χ1n) is 12.5. The van der Waals surface area contributed by atoms with Gasteiger partial charge in [-0.25, -0.2) is 4.98 Å². The highest BCUT2D eigenvalue weighted by Gasteiger charge is 2.26. The largest absolute Gasteiger partial charge is 0.308 e. The van der Waals surface area contributed by atoms with Crippen LogP contribution in [0.1, 0.15) is 53.6 Å². The van der Waals surface area contributed by atoms with Crippen molar-refractivity contribution in [3.05, 3.63) is 64.5 Å². The molecule has 0 bridgehead atoms. The molecule has 2 aromatic carbocycles. The molecule has 35 heavy (non-hydrogen) atoms. The Bertz CT molecular complexity index is 1230. The Hall–Kier alpha value is -3.03. The summed E-state index contributed by atoms with van der Waals surface area (Å²) in [4.78, 5) is 34.4. The first-order valence-corrected chi connectivity index (χ1v) is 13.3. The van der Waals surface area contributed by atoms with Crippen LogP contribution in [-0.4, -0.2) is 47.9 Å². The molecule has 0 unspecified atom stereocenters. The predicted molar refractivity (Wildman–Crippen MR) is 142 cm³/mol. The number of likely N-dealkylation sites (N-methyl/N-ethyl adjacent to an activating group) is 1. The van der Waals surface area contributed by atoms with E-state index in [1.54, 1.807) is 0 Å². The average Bonchev–Trinajstić information content (AvgIpc) is 3.50. The second-order valence-electron chi connectivity index (χ2n) is 9.71. The first-order chi connectivity index (χ1) is 17.0. The van der Waals surface area contributed by atoms with Gasteiger partial charge in [-0.2, -0.15) is 0 Å². The summed E-state index contributed by atoms with van der Waals surface area (Å²) in [5.41, 5.74) is 5.77. The van der Waals surface area contributed by atoms with Gasteiger partial charge in [0.05, 0.1) is 12.2 Å². The number of nitrogens with zero attached hydrogens (tertiary/aromatic N) is 3. The molecule has 0 radical (unpaired) electrons. The van der Waals surface area contributed by atoms with Gasteiger partial charge >= 0.3 is 0 Å². The van der Waals surface area contributed by atoms with Crippen LogP contribution in [0.15, 0.2) is 47.8 Å². The van der Waals surface area contributed by atoms with Crippen LogP contribution in [0, 0.1) is 6.92 Å². The lowest BCUT2D eigenvalue weighted by Gasteiger charge is -2.30. The van der Waals surface area contributed by atoms with Gasteiger partial charge in [-0.05, 0) is 63.1 Å². The minimum absolute atomic E-state index is 0.0155. The van der Waals surface area contributed by atoms with Crippen molar-refractivity contribution < 1.29 is 9.59 Å². The second kappa shape index (κ2) is 10.3. The molecule has 0 atom stereocenters. The number of nitrogens with one attached hydrogen (secondary N) is 1. The Balaban J connectivity index is 1.24. The lowest BCUT2D eigenvalue weighted by atomic mass is 9.94. The molecule has 6 nitrogen and oxygen atoms in total. The van der Waals surface area contributed by atoms with Gasteiger partial charge in [0.1, 0.15) is 0 Å². The number of hydrogen-bond acceptors (Lipinski definition) is 5. The van der Waals surface area contributed by atoms with E-state index in [0.29, 0.717) is 24.3 Å². The summed E-state index contributed by atoms with van der Waals surface area (Å²) >= 11 is 1.45. The molecule has 2 amide bonds. The fourth-order valence-electron chi connectivity index (χ4n) is 5.21. The number of thiazole rings is 1. The normalized spacial score (nSPS) is 15.9. The number of hydrogen-bond donors (Lipinski definition) is 1. The lowest BCUT2D eigenvalue weighted by molar-refractivity contribution is -0.117. The van der Waals surface area contributed by atoms with Crippen LogP contribution < -0.4 is 10.2 Å². The van der Waals surface area contributed by atoms with Crippen LogP contribution in [0.3, 0.4) is 0 Å². The highest BCUT2D eigenvalue weighted by molar-refractivity contribution is 7.14. The van der Waals surface area contributed by atoms with E-state index in [2.05, 4.69) is 21.3 Å². The van der Waals surface area contributed by atoms with Crippen molar-refractivity contribution in [3.8, 4) is 11.3 Å². The third-order valence-electron chi connectivity index (χ3n) is 7.12. The predicted octanol–water partition coefficient (Wildman–Crippen LogP) is 5.52. The first kappa shape index (κ1) is 23.7. The van der Waals surface area contributed by atoms with E-state index in [1.807, 2.05) is 60.6 Å². The van der Waals surface area contributed by atoms with Crippen LogP contribution in [0.4, 0.5) is 10.8 Å². The topological polar surface area (TPSA) is 65.5 Å². The molecule has 1 aliphatic carbocycles. The van der Waals surface area contributed by atoms with E-state index in [-0.39, 0.29) is 11.8 Å². The van der Waals surface area contributed by atoms with Crippen molar-refractivity contribution in [3.63, 3.8) is 0 Å². The minimum atomic E-state index is -0.0155. The zero-order chi connectivity index (χ0) is 24.4. The van der Waals surface area contributed by atoms with Crippen molar-refractivity contribution in [2.45, 2.75) is 51.5 Å². The van der Waals surface area contributed by atoms with Crippen molar-refractivity contribution >= 4 is 34.0 Å². The number of rotatable bonds is 6. The molecule has 7 heteroatoms. The van der Waals surface area contributed by atoms with Crippen LogP contribution in [0.5, 0.6) is 0 Å². The number of aryl methyl sites for hydroxylation is 1. The summed E-state index contributed by atoms with van der Waals surface area (Å²) in [6.07, 6.45) is 7.00. The van der Waals surface area contributed by atoms with Gasteiger partial charge in [-0.1, -0.05) is 43.0 Å². The highest BCUT2D eigenvalue weighted by atomic mass is 32.1. The fraction of sp³-hybridized carbons (Fsp3) is 0.393. The summed E-state index contributed by atoms with van der Waals surface area (Å²) in [6.45, 7) is 3.07. The van der Waals surface area contributed by atoms with Crippen molar-refractivity contribution in [2.75, 3.05) is 30.4 Å². The quantitative estimate of drug-likeness (QED) is 0.496. The van der Waals surface area contributed by atoms with Crippen molar-refractivity contribution in [1.82, 2.24) is 9.88 Å². The minimum Gasteiger partial charge on any atom is -0.308 e. The molecule has 1 N–H and O–H groups in total. The van der Waals surface area contributed by atoms with E-state index >= 15 is 0 Å². The zero-order valence-corrected chi connectivity index (χ0v) is 21.2. The monoisotopic (exact) mass is 488 g/mol. The Morgan fingerprint density at radius 3 is 2.77 bits per heavy atom. The Kier molecular flexibility index (Phi) is 6.97. The Labute approximate surface area is 211 Å².